The first-order chi connectivity index (χ1) is 13.1. The number of hydrogen-bond donors (Lipinski definition) is 2. The molecule has 0 bridgehead atoms. The normalized spacial score (nSPS) is 16.0. The second-order valence-electron chi connectivity index (χ2n) is 6.06. The molecule has 2 N–H and O–H groups in total. The molecule has 0 saturated carbocycles. The molecular formula is C19H22ClN3O4. The molecule has 0 radical (unpaired) electrons. The maximum absolute atomic E-state index is 12.6. The van der Waals surface area contributed by atoms with Crippen LogP contribution in [-0.2, 0) is 4.74 Å². The van der Waals surface area contributed by atoms with Gasteiger partial charge in [0.1, 0.15) is 5.82 Å². The third kappa shape index (κ3) is 4.61. The van der Waals surface area contributed by atoms with Crippen molar-refractivity contribution in [3.63, 3.8) is 0 Å². The number of aromatic nitrogens is 1. The number of benzene rings is 1. The number of pyridine rings is 1. The van der Waals surface area contributed by atoms with Crippen LogP contribution in [-0.4, -0.2) is 44.4 Å². The van der Waals surface area contributed by atoms with E-state index >= 15 is 0 Å². The number of halogens is 1. The maximum atomic E-state index is 12.6. The number of carbonyl (C=O) groups is 1. The molecule has 1 aromatic carbocycles. The van der Waals surface area contributed by atoms with Crippen LogP contribution in [0.4, 0.5) is 11.5 Å². The highest BCUT2D eigenvalue weighted by Gasteiger charge is 2.19. The van der Waals surface area contributed by atoms with Gasteiger partial charge in [-0.05, 0) is 25.0 Å². The largest absolute Gasteiger partial charge is 0.493 e. The van der Waals surface area contributed by atoms with Gasteiger partial charge in [0.25, 0.3) is 5.91 Å². The molecule has 0 aliphatic carbocycles. The van der Waals surface area contributed by atoms with Gasteiger partial charge < -0.3 is 24.8 Å². The molecule has 7 nitrogen and oxygen atoms in total. The number of nitrogens with zero attached hydrogens (tertiary/aromatic N) is 1. The quantitative estimate of drug-likeness (QED) is 0.752. The summed E-state index contributed by atoms with van der Waals surface area (Å²) in [4.78, 5) is 16.9. The Bertz CT molecular complexity index is 810. The Labute approximate surface area is 163 Å². The first-order valence-corrected chi connectivity index (χ1v) is 9.03. The summed E-state index contributed by atoms with van der Waals surface area (Å²) in [5.41, 5.74) is 0.975. The molecule has 1 fully saturated rings. The Morgan fingerprint density at radius 3 is 2.81 bits per heavy atom. The van der Waals surface area contributed by atoms with E-state index in [2.05, 4.69) is 15.6 Å². The summed E-state index contributed by atoms with van der Waals surface area (Å²) in [6.07, 6.45) is 3.66. The second-order valence-corrected chi connectivity index (χ2v) is 6.46. The summed E-state index contributed by atoms with van der Waals surface area (Å²) in [5.74, 6) is 1.21. The summed E-state index contributed by atoms with van der Waals surface area (Å²) in [6.45, 7) is 1.22. The molecular weight excluding hydrogens is 370 g/mol. The lowest BCUT2D eigenvalue weighted by Crippen LogP contribution is -2.32. The van der Waals surface area contributed by atoms with Gasteiger partial charge in [-0.1, -0.05) is 11.6 Å². The standard InChI is InChI=1S/C19H22ClN3O4/c1-25-16-9-14(20)15(10-17(16)26-2)23-18-13(6-3-7-21-18)19(24)22-11-12-5-4-8-27-12/h3,6-7,9-10,12H,4-5,8,11H2,1-2H3,(H,21,23)(H,22,24). The van der Waals surface area contributed by atoms with Gasteiger partial charge in [-0.15, -0.1) is 0 Å². The minimum Gasteiger partial charge on any atom is -0.493 e. The van der Waals surface area contributed by atoms with Crippen LogP contribution < -0.4 is 20.1 Å². The average Bonchev–Trinajstić information content (AvgIpc) is 3.21. The van der Waals surface area contributed by atoms with Crippen LogP contribution in [0, 0.1) is 0 Å². The molecule has 2 heterocycles. The topological polar surface area (TPSA) is 81.7 Å². The van der Waals surface area contributed by atoms with E-state index in [9.17, 15) is 4.79 Å². The lowest BCUT2D eigenvalue weighted by Gasteiger charge is -2.15. The van der Waals surface area contributed by atoms with E-state index in [1.807, 2.05) is 0 Å². The zero-order chi connectivity index (χ0) is 19.2. The van der Waals surface area contributed by atoms with Crippen LogP contribution in [0.15, 0.2) is 30.5 Å². The molecule has 144 valence electrons. The van der Waals surface area contributed by atoms with Gasteiger partial charge in [0.05, 0.1) is 36.6 Å². The van der Waals surface area contributed by atoms with Crippen LogP contribution in [0.5, 0.6) is 11.5 Å². The molecule has 27 heavy (non-hydrogen) atoms. The summed E-state index contributed by atoms with van der Waals surface area (Å²) in [6, 6.07) is 6.75. The highest BCUT2D eigenvalue weighted by Crippen LogP contribution is 2.37. The minimum absolute atomic E-state index is 0.0716. The predicted octanol–water partition coefficient (Wildman–Crippen LogP) is 3.40. The van der Waals surface area contributed by atoms with Gasteiger partial charge in [-0.25, -0.2) is 4.98 Å². The molecule has 3 rings (SSSR count). The van der Waals surface area contributed by atoms with E-state index in [4.69, 9.17) is 25.8 Å². The Hall–Kier alpha value is -2.51. The van der Waals surface area contributed by atoms with Crippen molar-refractivity contribution in [3.8, 4) is 11.5 Å². The summed E-state index contributed by atoms with van der Waals surface area (Å²) >= 11 is 6.32. The molecule has 1 amide bonds. The van der Waals surface area contributed by atoms with Crippen LogP contribution in [0.3, 0.4) is 0 Å². The van der Waals surface area contributed by atoms with Gasteiger partial charge in [0.2, 0.25) is 0 Å². The Morgan fingerprint density at radius 1 is 1.33 bits per heavy atom. The molecule has 1 saturated heterocycles. The number of carbonyl (C=O) groups excluding carboxylic acids is 1. The van der Waals surface area contributed by atoms with Crippen molar-refractivity contribution >= 4 is 29.0 Å². The van der Waals surface area contributed by atoms with Crippen LogP contribution in [0.2, 0.25) is 5.02 Å². The van der Waals surface area contributed by atoms with Crippen LogP contribution in [0.1, 0.15) is 23.2 Å². The van der Waals surface area contributed by atoms with Crippen molar-refractivity contribution in [3.05, 3.63) is 41.0 Å². The number of anilines is 2. The van der Waals surface area contributed by atoms with Crippen molar-refractivity contribution in [2.45, 2.75) is 18.9 Å². The fourth-order valence-corrected chi connectivity index (χ4v) is 3.07. The van der Waals surface area contributed by atoms with Gasteiger partial charge in [-0.2, -0.15) is 0 Å². The van der Waals surface area contributed by atoms with Crippen molar-refractivity contribution < 1.29 is 19.0 Å². The maximum Gasteiger partial charge on any atom is 0.255 e. The molecule has 1 aliphatic heterocycles. The number of amides is 1. The lowest BCUT2D eigenvalue weighted by molar-refractivity contribution is 0.0858. The predicted molar refractivity (Wildman–Crippen MR) is 103 cm³/mol. The fraction of sp³-hybridized carbons (Fsp3) is 0.368. The first-order valence-electron chi connectivity index (χ1n) is 8.65. The number of methoxy groups -OCH3 is 2. The Kier molecular flexibility index (Phi) is 6.36. The lowest BCUT2D eigenvalue weighted by atomic mass is 10.2. The fourth-order valence-electron chi connectivity index (χ4n) is 2.87. The first kappa shape index (κ1) is 19.3. The van der Waals surface area contributed by atoms with E-state index < -0.39 is 0 Å². The summed E-state index contributed by atoms with van der Waals surface area (Å²) in [5, 5.41) is 6.43. The molecule has 2 aromatic rings. The molecule has 1 aromatic heterocycles. The molecule has 1 unspecified atom stereocenters. The van der Waals surface area contributed by atoms with Gasteiger partial charge in [0, 0.05) is 31.5 Å². The van der Waals surface area contributed by atoms with Crippen molar-refractivity contribution in [1.29, 1.82) is 0 Å². The van der Waals surface area contributed by atoms with Gasteiger partial charge in [-0.3, -0.25) is 4.79 Å². The zero-order valence-electron chi connectivity index (χ0n) is 15.3. The number of ether oxygens (including phenoxy) is 3. The molecule has 1 atom stereocenters. The van der Waals surface area contributed by atoms with Crippen LogP contribution in [0.25, 0.3) is 0 Å². The zero-order valence-corrected chi connectivity index (χ0v) is 16.0. The Morgan fingerprint density at radius 2 is 2.11 bits per heavy atom. The van der Waals surface area contributed by atoms with E-state index in [0.717, 1.165) is 19.4 Å². The van der Waals surface area contributed by atoms with E-state index in [1.54, 1.807) is 37.6 Å². The van der Waals surface area contributed by atoms with E-state index in [-0.39, 0.29) is 12.0 Å². The molecule has 1 aliphatic rings. The smallest absolute Gasteiger partial charge is 0.255 e. The number of nitrogens with one attached hydrogen (secondary N) is 2. The van der Waals surface area contributed by atoms with Crippen molar-refractivity contribution in [1.82, 2.24) is 10.3 Å². The molecule has 0 spiro atoms. The highest BCUT2D eigenvalue weighted by molar-refractivity contribution is 6.33. The number of hydrogen-bond acceptors (Lipinski definition) is 6. The SMILES string of the molecule is COc1cc(Cl)c(Nc2ncccc2C(=O)NCC2CCCO2)cc1OC. The minimum atomic E-state index is -0.224. The average molecular weight is 392 g/mol. The summed E-state index contributed by atoms with van der Waals surface area (Å²) < 4.78 is 16.1. The second kappa shape index (κ2) is 8.92. The Balaban J connectivity index is 1.78. The van der Waals surface area contributed by atoms with Crippen LogP contribution >= 0.6 is 11.6 Å². The van der Waals surface area contributed by atoms with Crippen molar-refractivity contribution in [2.75, 3.05) is 32.7 Å². The molecule has 8 heteroatoms. The number of rotatable bonds is 7. The van der Waals surface area contributed by atoms with Gasteiger partial charge in [0.15, 0.2) is 11.5 Å². The third-order valence-electron chi connectivity index (χ3n) is 4.29. The van der Waals surface area contributed by atoms with E-state index in [1.165, 1.54) is 7.11 Å². The van der Waals surface area contributed by atoms with Crippen molar-refractivity contribution in [2.24, 2.45) is 0 Å². The summed E-state index contributed by atoms with van der Waals surface area (Å²) in [7, 11) is 3.08. The van der Waals surface area contributed by atoms with E-state index in [0.29, 0.717) is 40.1 Å². The highest BCUT2D eigenvalue weighted by atomic mass is 35.5. The third-order valence-corrected chi connectivity index (χ3v) is 4.61. The van der Waals surface area contributed by atoms with Gasteiger partial charge >= 0.3 is 0 Å². The monoisotopic (exact) mass is 391 g/mol.